The summed E-state index contributed by atoms with van der Waals surface area (Å²) in [5, 5.41) is 0. The van der Waals surface area contributed by atoms with E-state index in [-0.39, 0.29) is 0 Å². The molecule has 72 valence electrons. The predicted octanol–water partition coefficient (Wildman–Crippen LogP) is 3.37. The Morgan fingerprint density at radius 1 is 1.38 bits per heavy atom. The summed E-state index contributed by atoms with van der Waals surface area (Å²) in [6.45, 7) is 6.58. The van der Waals surface area contributed by atoms with Gasteiger partial charge < -0.3 is 0 Å². The smallest absolute Gasteiger partial charge is 0.0409 e. The Morgan fingerprint density at radius 3 is 2.77 bits per heavy atom. The third-order valence-electron chi connectivity index (χ3n) is 2.29. The largest absolute Gasteiger partial charge is 0.258 e. The number of hydrogen-bond acceptors (Lipinski definition) is 1. The van der Waals surface area contributed by atoms with Gasteiger partial charge in [0, 0.05) is 11.4 Å². The Balaban J connectivity index is 2.53. The van der Waals surface area contributed by atoms with Crippen molar-refractivity contribution in [2.45, 2.75) is 40.0 Å². The molecule has 1 aromatic heterocycles. The van der Waals surface area contributed by atoms with Gasteiger partial charge >= 0.3 is 0 Å². The highest BCUT2D eigenvalue weighted by Crippen LogP contribution is 2.11. The standard InChI is InChI=1S/C12H19N/c1-4-6-10(2)9-12-8-5-7-11(3)13-12/h5,7-8,10H,4,6,9H2,1-3H3. The molecule has 0 aliphatic carbocycles. The highest BCUT2D eigenvalue weighted by atomic mass is 14.7. The molecule has 0 saturated heterocycles. The number of pyridine rings is 1. The number of aromatic nitrogens is 1. The molecule has 0 N–H and O–H groups in total. The van der Waals surface area contributed by atoms with E-state index in [9.17, 15) is 0 Å². The van der Waals surface area contributed by atoms with Gasteiger partial charge in [0.05, 0.1) is 0 Å². The summed E-state index contributed by atoms with van der Waals surface area (Å²) < 4.78 is 0. The molecule has 0 amide bonds. The summed E-state index contributed by atoms with van der Waals surface area (Å²) in [6.07, 6.45) is 3.69. The van der Waals surface area contributed by atoms with Gasteiger partial charge in [0.15, 0.2) is 0 Å². The lowest BCUT2D eigenvalue weighted by atomic mass is 10.00. The van der Waals surface area contributed by atoms with Crippen molar-refractivity contribution >= 4 is 0 Å². The van der Waals surface area contributed by atoms with Crippen molar-refractivity contribution in [1.29, 1.82) is 0 Å². The molecule has 1 aromatic rings. The van der Waals surface area contributed by atoms with Crippen LogP contribution in [0.4, 0.5) is 0 Å². The average molecular weight is 177 g/mol. The zero-order valence-electron chi connectivity index (χ0n) is 8.88. The van der Waals surface area contributed by atoms with E-state index in [1.807, 2.05) is 13.0 Å². The van der Waals surface area contributed by atoms with Gasteiger partial charge in [0.25, 0.3) is 0 Å². The molecule has 0 saturated carbocycles. The van der Waals surface area contributed by atoms with Gasteiger partial charge in [-0.3, -0.25) is 4.98 Å². The summed E-state index contributed by atoms with van der Waals surface area (Å²) in [5.41, 5.74) is 2.36. The minimum Gasteiger partial charge on any atom is -0.258 e. The molecule has 13 heavy (non-hydrogen) atoms. The second kappa shape index (κ2) is 5.00. The molecule has 1 unspecified atom stereocenters. The van der Waals surface area contributed by atoms with Gasteiger partial charge in [0.1, 0.15) is 0 Å². The molecular formula is C12H19N. The highest BCUT2D eigenvalue weighted by molar-refractivity contribution is 5.10. The van der Waals surface area contributed by atoms with E-state index in [2.05, 4.69) is 31.0 Å². The van der Waals surface area contributed by atoms with Gasteiger partial charge in [-0.2, -0.15) is 0 Å². The lowest BCUT2D eigenvalue weighted by Gasteiger charge is -2.09. The molecule has 1 heterocycles. The SMILES string of the molecule is CCCC(C)Cc1cccc(C)n1. The fraction of sp³-hybridized carbons (Fsp3) is 0.583. The Labute approximate surface area is 81.2 Å². The quantitative estimate of drug-likeness (QED) is 0.687. The van der Waals surface area contributed by atoms with Crippen LogP contribution in [0.5, 0.6) is 0 Å². The first-order valence-electron chi connectivity index (χ1n) is 5.15. The molecule has 0 spiro atoms. The molecule has 0 aromatic carbocycles. The zero-order chi connectivity index (χ0) is 9.68. The van der Waals surface area contributed by atoms with Gasteiger partial charge in [-0.05, 0) is 31.4 Å². The van der Waals surface area contributed by atoms with Crippen LogP contribution in [-0.4, -0.2) is 4.98 Å². The zero-order valence-corrected chi connectivity index (χ0v) is 8.88. The third-order valence-corrected chi connectivity index (χ3v) is 2.29. The topological polar surface area (TPSA) is 12.9 Å². The van der Waals surface area contributed by atoms with E-state index in [1.165, 1.54) is 18.5 Å². The van der Waals surface area contributed by atoms with E-state index in [1.54, 1.807) is 0 Å². The first kappa shape index (κ1) is 10.2. The Morgan fingerprint density at radius 2 is 2.15 bits per heavy atom. The second-order valence-corrected chi connectivity index (χ2v) is 3.87. The molecule has 1 heteroatoms. The Hall–Kier alpha value is -0.850. The predicted molar refractivity (Wildman–Crippen MR) is 56.8 cm³/mol. The summed E-state index contributed by atoms with van der Waals surface area (Å²) in [5.74, 6) is 0.763. The van der Waals surface area contributed by atoms with Crippen molar-refractivity contribution in [1.82, 2.24) is 4.98 Å². The van der Waals surface area contributed by atoms with E-state index in [0.717, 1.165) is 18.0 Å². The van der Waals surface area contributed by atoms with Gasteiger partial charge in [-0.25, -0.2) is 0 Å². The first-order valence-corrected chi connectivity index (χ1v) is 5.15. The fourth-order valence-electron chi connectivity index (χ4n) is 1.67. The Bertz CT molecular complexity index is 255. The molecule has 1 nitrogen and oxygen atoms in total. The molecule has 0 aliphatic heterocycles. The van der Waals surface area contributed by atoms with Crippen LogP contribution in [0.1, 0.15) is 38.1 Å². The van der Waals surface area contributed by atoms with Crippen LogP contribution >= 0.6 is 0 Å². The van der Waals surface area contributed by atoms with Gasteiger partial charge in [-0.1, -0.05) is 32.8 Å². The lowest BCUT2D eigenvalue weighted by molar-refractivity contribution is 0.516. The van der Waals surface area contributed by atoms with E-state index in [0.29, 0.717) is 0 Å². The molecule has 0 radical (unpaired) electrons. The van der Waals surface area contributed by atoms with Crippen LogP contribution in [0.3, 0.4) is 0 Å². The summed E-state index contributed by atoms with van der Waals surface area (Å²) in [4.78, 5) is 4.50. The highest BCUT2D eigenvalue weighted by Gasteiger charge is 2.03. The maximum atomic E-state index is 4.50. The summed E-state index contributed by atoms with van der Waals surface area (Å²) in [7, 11) is 0. The number of nitrogens with zero attached hydrogens (tertiary/aromatic N) is 1. The minimum atomic E-state index is 0.763. The first-order chi connectivity index (χ1) is 6.22. The third kappa shape index (κ3) is 3.58. The van der Waals surface area contributed by atoms with Crippen molar-refractivity contribution in [3.8, 4) is 0 Å². The summed E-state index contributed by atoms with van der Waals surface area (Å²) >= 11 is 0. The van der Waals surface area contributed by atoms with Crippen molar-refractivity contribution < 1.29 is 0 Å². The van der Waals surface area contributed by atoms with Crippen LogP contribution in [0.25, 0.3) is 0 Å². The lowest BCUT2D eigenvalue weighted by Crippen LogP contribution is -2.01. The van der Waals surface area contributed by atoms with Crippen molar-refractivity contribution in [3.63, 3.8) is 0 Å². The van der Waals surface area contributed by atoms with Crippen LogP contribution < -0.4 is 0 Å². The van der Waals surface area contributed by atoms with Crippen molar-refractivity contribution in [2.24, 2.45) is 5.92 Å². The molecule has 1 atom stereocenters. The monoisotopic (exact) mass is 177 g/mol. The van der Waals surface area contributed by atoms with Crippen LogP contribution in [0.2, 0.25) is 0 Å². The van der Waals surface area contributed by atoms with Gasteiger partial charge in [-0.15, -0.1) is 0 Å². The number of hydrogen-bond donors (Lipinski definition) is 0. The molecule has 1 rings (SSSR count). The van der Waals surface area contributed by atoms with Crippen molar-refractivity contribution in [3.05, 3.63) is 29.6 Å². The number of rotatable bonds is 4. The normalized spacial score (nSPS) is 12.8. The maximum absolute atomic E-state index is 4.50. The van der Waals surface area contributed by atoms with E-state index in [4.69, 9.17) is 0 Å². The van der Waals surface area contributed by atoms with Crippen LogP contribution in [-0.2, 0) is 6.42 Å². The maximum Gasteiger partial charge on any atom is 0.0409 e. The average Bonchev–Trinajstić information content (AvgIpc) is 2.04. The van der Waals surface area contributed by atoms with Crippen LogP contribution in [0, 0.1) is 12.8 Å². The second-order valence-electron chi connectivity index (χ2n) is 3.87. The van der Waals surface area contributed by atoms with E-state index >= 15 is 0 Å². The number of aryl methyl sites for hydroxylation is 1. The molecular weight excluding hydrogens is 158 g/mol. The molecule has 0 aliphatic rings. The Kier molecular flexibility index (Phi) is 3.94. The fourth-order valence-corrected chi connectivity index (χ4v) is 1.67. The molecule has 0 fully saturated rings. The summed E-state index contributed by atoms with van der Waals surface area (Å²) in [6, 6.07) is 6.27. The molecule has 0 bridgehead atoms. The van der Waals surface area contributed by atoms with Crippen molar-refractivity contribution in [2.75, 3.05) is 0 Å². The van der Waals surface area contributed by atoms with Gasteiger partial charge in [0.2, 0.25) is 0 Å². The minimum absolute atomic E-state index is 0.763. The van der Waals surface area contributed by atoms with Crippen LogP contribution in [0.15, 0.2) is 18.2 Å². The van der Waals surface area contributed by atoms with E-state index < -0.39 is 0 Å².